The Morgan fingerprint density at radius 2 is 1.85 bits per heavy atom. The van der Waals surface area contributed by atoms with E-state index < -0.39 is 4.92 Å². The van der Waals surface area contributed by atoms with Crippen molar-refractivity contribution in [1.82, 2.24) is 5.32 Å². The minimum atomic E-state index is -0.427. The smallest absolute Gasteiger partial charge is 0.269 e. The Morgan fingerprint density at radius 3 is 2.50 bits per heavy atom. The number of non-ortho nitro benzene ring substituents is 1. The van der Waals surface area contributed by atoms with E-state index in [1.54, 1.807) is 12.1 Å². The number of ether oxygens (including phenoxy) is 2. The molecule has 6 heteroatoms. The number of nitrogens with zero attached hydrogens (tertiary/aromatic N) is 1. The van der Waals surface area contributed by atoms with Crippen LogP contribution in [0.4, 0.5) is 5.69 Å². The van der Waals surface area contributed by atoms with Crippen molar-refractivity contribution < 1.29 is 14.4 Å². The average molecular weight is 282 g/mol. The third kappa shape index (κ3) is 7.06. The second kappa shape index (κ2) is 10.2. The van der Waals surface area contributed by atoms with Crippen LogP contribution in [0.1, 0.15) is 19.8 Å². The fourth-order valence-corrected chi connectivity index (χ4v) is 1.52. The highest BCUT2D eigenvalue weighted by atomic mass is 16.6. The van der Waals surface area contributed by atoms with E-state index in [2.05, 4.69) is 12.2 Å². The number of nitro groups is 1. The van der Waals surface area contributed by atoms with Gasteiger partial charge in [0.05, 0.1) is 11.5 Å². The van der Waals surface area contributed by atoms with Crippen molar-refractivity contribution in [2.24, 2.45) is 0 Å². The quantitative estimate of drug-likeness (QED) is 0.383. The largest absolute Gasteiger partial charge is 0.492 e. The van der Waals surface area contributed by atoms with Gasteiger partial charge in [0, 0.05) is 31.8 Å². The van der Waals surface area contributed by atoms with Gasteiger partial charge in [-0.3, -0.25) is 10.1 Å². The lowest BCUT2D eigenvalue weighted by molar-refractivity contribution is -0.384. The van der Waals surface area contributed by atoms with Crippen LogP contribution in [0.3, 0.4) is 0 Å². The van der Waals surface area contributed by atoms with E-state index >= 15 is 0 Å². The molecular formula is C14H22N2O4. The molecule has 1 rings (SSSR count). The van der Waals surface area contributed by atoms with Gasteiger partial charge in [0.15, 0.2) is 0 Å². The van der Waals surface area contributed by atoms with Crippen LogP contribution in [0, 0.1) is 10.1 Å². The van der Waals surface area contributed by atoms with E-state index in [-0.39, 0.29) is 5.69 Å². The molecule has 0 aliphatic heterocycles. The van der Waals surface area contributed by atoms with Crippen LogP contribution in [0.5, 0.6) is 5.75 Å². The predicted octanol–water partition coefficient (Wildman–Crippen LogP) is 2.38. The maximum absolute atomic E-state index is 10.5. The zero-order valence-corrected chi connectivity index (χ0v) is 11.8. The van der Waals surface area contributed by atoms with Crippen molar-refractivity contribution in [2.75, 3.05) is 32.9 Å². The summed E-state index contributed by atoms with van der Waals surface area (Å²) in [5.41, 5.74) is 0.0692. The molecule has 0 saturated carbocycles. The number of nitrogens with one attached hydrogen (secondary N) is 1. The Balaban J connectivity index is 2.02. The highest BCUT2D eigenvalue weighted by Gasteiger charge is 2.03. The van der Waals surface area contributed by atoms with Crippen molar-refractivity contribution in [2.45, 2.75) is 19.8 Å². The summed E-state index contributed by atoms with van der Waals surface area (Å²) in [4.78, 5) is 10.1. The van der Waals surface area contributed by atoms with Gasteiger partial charge in [-0.2, -0.15) is 0 Å². The number of hydrogen-bond donors (Lipinski definition) is 1. The van der Waals surface area contributed by atoms with E-state index in [4.69, 9.17) is 9.47 Å². The van der Waals surface area contributed by atoms with E-state index in [1.165, 1.54) is 12.1 Å². The molecule has 0 atom stereocenters. The highest BCUT2D eigenvalue weighted by Crippen LogP contribution is 2.16. The summed E-state index contributed by atoms with van der Waals surface area (Å²) in [6.45, 7) is 5.69. The monoisotopic (exact) mass is 282 g/mol. The summed E-state index contributed by atoms with van der Waals surface area (Å²) in [6, 6.07) is 6.08. The molecule has 1 aromatic carbocycles. The fourth-order valence-electron chi connectivity index (χ4n) is 1.52. The zero-order valence-electron chi connectivity index (χ0n) is 11.8. The minimum absolute atomic E-state index is 0.0692. The third-order valence-corrected chi connectivity index (χ3v) is 2.66. The molecule has 0 fully saturated rings. The molecule has 1 aromatic rings. The van der Waals surface area contributed by atoms with Crippen molar-refractivity contribution >= 4 is 5.69 Å². The summed E-state index contributed by atoms with van der Waals surface area (Å²) in [5, 5.41) is 13.7. The van der Waals surface area contributed by atoms with Crippen LogP contribution in [-0.2, 0) is 4.74 Å². The first-order chi connectivity index (χ1) is 9.74. The normalized spacial score (nSPS) is 10.4. The summed E-state index contributed by atoms with van der Waals surface area (Å²) in [6.07, 6.45) is 2.25. The topological polar surface area (TPSA) is 73.6 Å². The lowest BCUT2D eigenvalue weighted by Gasteiger charge is -2.07. The van der Waals surface area contributed by atoms with Crippen LogP contribution in [-0.4, -0.2) is 37.8 Å². The molecule has 112 valence electrons. The summed E-state index contributed by atoms with van der Waals surface area (Å²) in [7, 11) is 0. The van der Waals surface area contributed by atoms with Gasteiger partial charge in [0.2, 0.25) is 0 Å². The average Bonchev–Trinajstić information content (AvgIpc) is 2.46. The second-order valence-electron chi connectivity index (χ2n) is 4.32. The molecule has 0 bridgehead atoms. The number of hydrogen-bond acceptors (Lipinski definition) is 5. The third-order valence-electron chi connectivity index (χ3n) is 2.66. The SMILES string of the molecule is CCCCOCCNCCOc1ccc([N+](=O)[O-])cc1. The maximum atomic E-state index is 10.5. The predicted molar refractivity (Wildman–Crippen MR) is 77.2 cm³/mol. The van der Waals surface area contributed by atoms with Gasteiger partial charge in [0.25, 0.3) is 5.69 Å². The first kappa shape index (κ1) is 16.4. The van der Waals surface area contributed by atoms with Crippen molar-refractivity contribution in [3.05, 3.63) is 34.4 Å². The van der Waals surface area contributed by atoms with E-state index in [0.717, 1.165) is 26.0 Å². The summed E-state index contributed by atoms with van der Waals surface area (Å²) < 4.78 is 10.9. The Labute approximate surface area is 119 Å². The van der Waals surface area contributed by atoms with Gasteiger partial charge in [-0.25, -0.2) is 0 Å². The maximum Gasteiger partial charge on any atom is 0.269 e. The van der Waals surface area contributed by atoms with Crippen LogP contribution >= 0.6 is 0 Å². The first-order valence-electron chi connectivity index (χ1n) is 6.89. The molecule has 0 aliphatic rings. The lowest BCUT2D eigenvalue weighted by atomic mass is 10.3. The standard InChI is InChI=1S/C14H22N2O4/c1-2-3-10-19-11-8-15-9-12-20-14-6-4-13(5-7-14)16(17)18/h4-7,15H,2-3,8-12H2,1H3. The number of rotatable bonds is 11. The van der Waals surface area contributed by atoms with Crippen molar-refractivity contribution in [1.29, 1.82) is 0 Å². The van der Waals surface area contributed by atoms with E-state index in [1.807, 2.05) is 0 Å². The molecule has 0 radical (unpaired) electrons. The molecular weight excluding hydrogens is 260 g/mol. The Bertz CT molecular complexity index is 381. The molecule has 0 heterocycles. The van der Waals surface area contributed by atoms with Crippen LogP contribution in [0.15, 0.2) is 24.3 Å². The van der Waals surface area contributed by atoms with Gasteiger partial charge in [0.1, 0.15) is 12.4 Å². The van der Waals surface area contributed by atoms with Crippen LogP contribution in [0.25, 0.3) is 0 Å². The van der Waals surface area contributed by atoms with Gasteiger partial charge >= 0.3 is 0 Å². The number of unbranched alkanes of at least 4 members (excludes halogenated alkanes) is 1. The molecule has 20 heavy (non-hydrogen) atoms. The number of nitro benzene ring substituents is 1. The van der Waals surface area contributed by atoms with Crippen molar-refractivity contribution in [3.63, 3.8) is 0 Å². The highest BCUT2D eigenvalue weighted by molar-refractivity contribution is 5.35. The first-order valence-corrected chi connectivity index (χ1v) is 6.89. The molecule has 1 N–H and O–H groups in total. The summed E-state index contributed by atoms with van der Waals surface area (Å²) in [5.74, 6) is 0.636. The summed E-state index contributed by atoms with van der Waals surface area (Å²) >= 11 is 0. The van der Waals surface area contributed by atoms with Crippen LogP contribution in [0.2, 0.25) is 0 Å². The molecule has 0 aliphatic carbocycles. The molecule has 0 spiro atoms. The van der Waals surface area contributed by atoms with E-state index in [9.17, 15) is 10.1 Å². The fraction of sp³-hybridized carbons (Fsp3) is 0.571. The number of benzene rings is 1. The van der Waals surface area contributed by atoms with Gasteiger partial charge in [-0.1, -0.05) is 13.3 Å². The minimum Gasteiger partial charge on any atom is -0.492 e. The van der Waals surface area contributed by atoms with E-state index in [0.29, 0.717) is 25.5 Å². The molecule has 0 saturated heterocycles. The van der Waals surface area contributed by atoms with Gasteiger partial charge < -0.3 is 14.8 Å². The lowest BCUT2D eigenvalue weighted by Crippen LogP contribution is -2.25. The van der Waals surface area contributed by atoms with Gasteiger partial charge in [-0.05, 0) is 18.6 Å². The molecule has 0 unspecified atom stereocenters. The Hall–Kier alpha value is -1.66. The second-order valence-corrected chi connectivity index (χ2v) is 4.32. The Morgan fingerprint density at radius 1 is 1.15 bits per heavy atom. The molecule has 0 amide bonds. The van der Waals surface area contributed by atoms with Crippen molar-refractivity contribution in [3.8, 4) is 5.75 Å². The van der Waals surface area contributed by atoms with Gasteiger partial charge in [-0.15, -0.1) is 0 Å². The molecule has 0 aromatic heterocycles. The molecule has 6 nitrogen and oxygen atoms in total. The van der Waals surface area contributed by atoms with Crippen LogP contribution < -0.4 is 10.1 Å². The zero-order chi connectivity index (χ0) is 14.6. The Kier molecular flexibility index (Phi) is 8.33.